The lowest BCUT2D eigenvalue weighted by Gasteiger charge is -2.33. The summed E-state index contributed by atoms with van der Waals surface area (Å²) in [7, 11) is 0. The molecule has 1 aromatic carbocycles. The van der Waals surface area contributed by atoms with Crippen molar-refractivity contribution in [3.63, 3.8) is 0 Å². The number of benzene rings is 1. The van der Waals surface area contributed by atoms with Crippen LogP contribution >= 0.6 is 11.6 Å². The fraction of sp³-hybridized carbons (Fsp3) is 0.250. The minimum atomic E-state index is -0.245. The molecule has 100 valence electrons. The lowest BCUT2D eigenvalue weighted by atomic mass is 10.3. The van der Waals surface area contributed by atoms with Crippen LogP contribution in [-0.4, -0.2) is 29.2 Å². The van der Waals surface area contributed by atoms with Gasteiger partial charge in [-0.15, -0.1) is 5.10 Å². The highest BCUT2D eigenvalue weighted by Gasteiger charge is 2.23. The number of carbonyl (C=O) groups is 2. The fourth-order valence-corrected chi connectivity index (χ4v) is 1.68. The molecule has 1 aromatic rings. The van der Waals surface area contributed by atoms with Gasteiger partial charge in [0.2, 0.25) is 11.7 Å². The van der Waals surface area contributed by atoms with Gasteiger partial charge in [-0.05, 0) is 24.3 Å². The quantitative estimate of drug-likeness (QED) is 0.889. The number of hydrogen-bond acceptors (Lipinski definition) is 5. The molecule has 7 heteroatoms. The van der Waals surface area contributed by atoms with Gasteiger partial charge in [-0.1, -0.05) is 11.6 Å². The number of nitrogens with zero attached hydrogens (tertiary/aromatic N) is 3. The first-order valence-electron chi connectivity index (χ1n) is 5.65. The predicted octanol–water partition coefficient (Wildman–Crippen LogP) is 1.37. The van der Waals surface area contributed by atoms with Crippen molar-refractivity contribution in [2.24, 2.45) is 5.10 Å². The summed E-state index contributed by atoms with van der Waals surface area (Å²) < 4.78 is 0. The van der Waals surface area contributed by atoms with Crippen LogP contribution in [0.3, 0.4) is 0 Å². The first kappa shape index (κ1) is 13.4. The SMILES string of the molecule is CC(=O)C1=NN(c2ccc(Cl)cc2)CN(C(C)=O)N1. The van der Waals surface area contributed by atoms with Crippen molar-refractivity contribution in [2.45, 2.75) is 13.8 Å². The Morgan fingerprint density at radius 1 is 1.26 bits per heavy atom. The highest BCUT2D eigenvalue weighted by molar-refractivity contribution is 6.38. The normalized spacial score (nSPS) is 14.8. The molecule has 0 aromatic heterocycles. The van der Waals surface area contributed by atoms with E-state index in [2.05, 4.69) is 10.5 Å². The fourth-order valence-electron chi connectivity index (χ4n) is 1.55. The molecule has 1 N–H and O–H groups in total. The van der Waals surface area contributed by atoms with E-state index in [4.69, 9.17) is 11.6 Å². The summed E-state index contributed by atoms with van der Waals surface area (Å²) in [6, 6.07) is 6.99. The number of rotatable bonds is 2. The summed E-state index contributed by atoms with van der Waals surface area (Å²) in [5.41, 5.74) is 3.43. The van der Waals surface area contributed by atoms with Crippen LogP contribution < -0.4 is 10.4 Å². The topological polar surface area (TPSA) is 65.0 Å². The molecule has 0 saturated heterocycles. The Bertz CT molecular complexity index is 541. The van der Waals surface area contributed by atoms with E-state index < -0.39 is 0 Å². The van der Waals surface area contributed by atoms with Gasteiger partial charge in [0, 0.05) is 18.9 Å². The number of anilines is 1. The summed E-state index contributed by atoms with van der Waals surface area (Å²) in [5.74, 6) is -0.325. The van der Waals surface area contributed by atoms with Gasteiger partial charge in [0.1, 0.15) is 6.67 Å². The molecule has 0 unspecified atom stereocenters. The number of hydrogen-bond donors (Lipinski definition) is 1. The van der Waals surface area contributed by atoms with Crippen LogP contribution in [0.5, 0.6) is 0 Å². The van der Waals surface area contributed by atoms with Crippen molar-refractivity contribution in [1.29, 1.82) is 0 Å². The van der Waals surface area contributed by atoms with Gasteiger partial charge in [0.15, 0.2) is 5.78 Å². The van der Waals surface area contributed by atoms with E-state index >= 15 is 0 Å². The molecule has 0 saturated carbocycles. The number of amidine groups is 1. The number of hydrazone groups is 1. The molecule has 1 aliphatic heterocycles. The molecule has 0 radical (unpaired) electrons. The van der Waals surface area contributed by atoms with Gasteiger partial charge >= 0.3 is 0 Å². The Hall–Kier alpha value is -2.08. The zero-order valence-electron chi connectivity index (χ0n) is 10.6. The third-order valence-electron chi connectivity index (χ3n) is 2.58. The Morgan fingerprint density at radius 2 is 1.89 bits per heavy atom. The monoisotopic (exact) mass is 280 g/mol. The molecule has 1 heterocycles. The van der Waals surface area contributed by atoms with E-state index in [1.54, 1.807) is 29.3 Å². The van der Waals surface area contributed by atoms with Crippen molar-refractivity contribution >= 4 is 34.8 Å². The maximum Gasteiger partial charge on any atom is 0.239 e. The molecule has 0 bridgehead atoms. The maximum absolute atomic E-state index is 11.4. The third-order valence-corrected chi connectivity index (χ3v) is 2.83. The van der Waals surface area contributed by atoms with Crippen LogP contribution in [0.1, 0.15) is 13.8 Å². The lowest BCUT2D eigenvalue weighted by Crippen LogP contribution is -2.56. The summed E-state index contributed by atoms with van der Waals surface area (Å²) >= 11 is 5.82. The molecule has 2 rings (SSSR count). The molecular weight excluding hydrogens is 268 g/mol. The Morgan fingerprint density at radius 3 is 2.42 bits per heavy atom. The van der Waals surface area contributed by atoms with E-state index in [1.807, 2.05) is 0 Å². The van der Waals surface area contributed by atoms with Crippen molar-refractivity contribution in [3.05, 3.63) is 29.3 Å². The van der Waals surface area contributed by atoms with E-state index in [1.165, 1.54) is 18.9 Å². The molecular formula is C12H13ClN4O2. The van der Waals surface area contributed by atoms with Crippen LogP contribution in [-0.2, 0) is 9.59 Å². The zero-order chi connectivity index (χ0) is 14.0. The van der Waals surface area contributed by atoms with Crippen molar-refractivity contribution in [1.82, 2.24) is 10.4 Å². The first-order valence-corrected chi connectivity index (χ1v) is 6.02. The average Bonchev–Trinajstić information content (AvgIpc) is 2.39. The third kappa shape index (κ3) is 3.03. The van der Waals surface area contributed by atoms with Crippen molar-refractivity contribution < 1.29 is 9.59 Å². The van der Waals surface area contributed by atoms with Gasteiger partial charge < -0.3 is 0 Å². The molecule has 0 atom stereocenters. The van der Waals surface area contributed by atoms with E-state index in [0.29, 0.717) is 5.02 Å². The zero-order valence-corrected chi connectivity index (χ0v) is 11.3. The lowest BCUT2D eigenvalue weighted by molar-refractivity contribution is -0.131. The van der Waals surface area contributed by atoms with Crippen LogP contribution in [0.25, 0.3) is 0 Å². The Balaban J connectivity index is 2.32. The van der Waals surface area contributed by atoms with Crippen LogP contribution in [0.15, 0.2) is 29.4 Å². The molecule has 0 fully saturated rings. The van der Waals surface area contributed by atoms with E-state index in [0.717, 1.165) is 5.69 Å². The number of nitrogens with one attached hydrogen (secondary N) is 1. The number of amides is 1. The molecule has 6 nitrogen and oxygen atoms in total. The van der Waals surface area contributed by atoms with Crippen molar-refractivity contribution in [3.8, 4) is 0 Å². The second-order valence-electron chi connectivity index (χ2n) is 4.08. The minimum absolute atomic E-state index is 0.122. The van der Waals surface area contributed by atoms with E-state index in [-0.39, 0.29) is 24.2 Å². The number of ketones is 1. The second kappa shape index (κ2) is 5.27. The number of carbonyl (C=O) groups excluding carboxylic acids is 2. The van der Waals surface area contributed by atoms with Gasteiger partial charge in [-0.25, -0.2) is 10.0 Å². The summed E-state index contributed by atoms with van der Waals surface area (Å²) in [4.78, 5) is 22.9. The second-order valence-corrected chi connectivity index (χ2v) is 4.52. The van der Waals surface area contributed by atoms with Gasteiger partial charge in [-0.2, -0.15) is 0 Å². The molecule has 1 aliphatic rings. The van der Waals surface area contributed by atoms with Crippen LogP contribution in [0, 0.1) is 0 Å². The summed E-state index contributed by atoms with van der Waals surface area (Å²) in [6.07, 6.45) is 0. The molecule has 1 amide bonds. The highest BCUT2D eigenvalue weighted by Crippen LogP contribution is 2.19. The van der Waals surface area contributed by atoms with Crippen molar-refractivity contribution in [2.75, 3.05) is 11.7 Å². The van der Waals surface area contributed by atoms with Gasteiger partial charge in [0.05, 0.1) is 5.69 Å². The number of halogens is 1. The number of Topliss-reactive ketones (excluding diaryl/α,β-unsaturated/α-hetero) is 1. The smallest absolute Gasteiger partial charge is 0.239 e. The molecule has 0 aliphatic carbocycles. The Labute approximate surface area is 115 Å². The minimum Gasteiger partial charge on any atom is -0.291 e. The largest absolute Gasteiger partial charge is 0.291 e. The Kier molecular flexibility index (Phi) is 3.71. The maximum atomic E-state index is 11.4. The van der Waals surface area contributed by atoms with Crippen LogP contribution in [0.2, 0.25) is 5.02 Å². The summed E-state index contributed by atoms with van der Waals surface area (Å²) in [5, 5.41) is 7.65. The molecule has 19 heavy (non-hydrogen) atoms. The number of hydrazine groups is 1. The average molecular weight is 281 g/mol. The molecule has 0 spiro atoms. The first-order chi connectivity index (χ1) is 8.97. The van der Waals surface area contributed by atoms with Gasteiger partial charge in [-0.3, -0.25) is 15.0 Å². The van der Waals surface area contributed by atoms with Gasteiger partial charge in [0.25, 0.3) is 0 Å². The summed E-state index contributed by atoms with van der Waals surface area (Å²) in [6.45, 7) is 3.01. The standard InChI is InChI=1S/C12H13ClN4O2/c1-8(18)12-14-16(9(2)19)7-17(15-12)11-5-3-10(13)4-6-11/h3-6H,7H2,1-2H3,(H,14,15). The predicted molar refractivity (Wildman–Crippen MR) is 72.6 cm³/mol. The highest BCUT2D eigenvalue weighted by atomic mass is 35.5. The van der Waals surface area contributed by atoms with Crippen LogP contribution in [0.4, 0.5) is 5.69 Å². The van der Waals surface area contributed by atoms with E-state index in [9.17, 15) is 9.59 Å².